The van der Waals surface area contributed by atoms with Crippen LogP contribution in [-0.2, 0) is 13.0 Å². The van der Waals surface area contributed by atoms with Crippen LogP contribution >= 0.6 is 0 Å². The molecule has 2 aromatic rings. The van der Waals surface area contributed by atoms with E-state index in [0.29, 0.717) is 0 Å². The molecule has 0 saturated carbocycles. The largest absolute Gasteiger partial charge is 0.327 e. The molecule has 0 radical (unpaired) electrons. The number of hydrogen-bond acceptors (Lipinski definition) is 2. The van der Waals surface area contributed by atoms with Crippen molar-refractivity contribution in [3.63, 3.8) is 0 Å². The monoisotopic (exact) mass is 268 g/mol. The van der Waals surface area contributed by atoms with E-state index < -0.39 is 0 Å². The van der Waals surface area contributed by atoms with E-state index in [1.807, 2.05) is 0 Å². The number of hydrogen-bond donors (Lipinski definition) is 1. The van der Waals surface area contributed by atoms with Gasteiger partial charge in [0, 0.05) is 19.1 Å². The number of rotatable bonds is 7. The summed E-state index contributed by atoms with van der Waals surface area (Å²) in [6.45, 7) is 1.89. The molecule has 1 atom stereocenters. The van der Waals surface area contributed by atoms with Crippen molar-refractivity contribution in [2.45, 2.75) is 25.4 Å². The van der Waals surface area contributed by atoms with Gasteiger partial charge in [-0.25, -0.2) is 0 Å². The van der Waals surface area contributed by atoms with E-state index in [-0.39, 0.29) is 6.04 Å². The van der Waals surface area contributed by atoms with Gasteiger partial charge in [-0.2, -0.15) is 0 Å². The van der Waals surface area contributed by atoms with Crippen LogP contribution in [0.3, 0.4) is 0 Å². The Hall–Kier alpha value is -1.64. The molecule has 0 aliphatic rings. The van der Waals surface area contributed by atoms with E-state index >= 15 is 0 Å². The molecule has 0 aromatic heterocycles. The molecule has 0 saturated heterocycles. The van der Waals surface area contributed by atoms with Gasteiger partial charge in [-0.3, -0.25) is 0 Å². The van der Waals surface area contributed by atoms with E-state index in [4.69, 9.17) is 5.73 Å². The van der Waals surface area contributed by atoms with Crippen LogP contribution in [0, 0.1) is 0 Å². The van der Waals surface area contributed by atoms with Gasteiger partial charge in [0.1, 0.15) is 0 Å². The van der Waals surface area contributed by atoms with Crippen molar-refractivity contribution in [3.8, 4) is 0 Å². The van der Waals surface area contributed by atoms with Gasteiger partial charge >= 0.3 is 0 Å². The van der Waals surface area contributed by atoms with Crippen molar-refractivity contribution < 1.29 is 0 Å². The highest BCUT2D eigenvalue weighted by Crippen LogP contribution is 2.07. The summed E-state index contributed by atoms with van der Waals surface area (Å²) in [5.41, 5.74) is 8.94. The van der Waals surface area contributed by atoms with E-state index in [1.54, 1.807) is 0 Å². The van der Waals surface area contributed by atoms with Crippen LogP contribution in [0.15, 0.2) is 60.7 Å². The molecule has 0 amide bonds. The molecule has 2 rings (SSSR count). The molecule has 2 heteroatoms. The minimum Gasteiger partial charge on any atom is -0.327 e. The van der Waals surface area contributed by atoms with E-state index in [0.717, 1.165) is 25.9 Å². The molecule has 0 aliphatic carbocycles. The second-order valence-corrected chi connectivity index (χ2v) is 5.47. The third-order valence-corrected chi connectivity index (χ3v) is 3.49. The standard InChI is InChI=1S/C18H24N2/c1-20(14-17-10-6-3-7-11-17)15-18(19)13-12-16-8-4-2-5-9-16/h2-11,18H,12-15,19H2,1H3/t18-/m1/s1. The molecule has 0 spiro atoms. The molecule has 2 N–H and O–H groups in total. The molecule has 2 aromatic carbocycles. The number of benzene rings is 2. The number of likely N-dealkylation sites (N-methyl/N-ethyl adjacent to an activating group) is 1. The minimum absolute atomic E-state index is 0.226. The first-order chi connectivity index (χ1) is 9.74. The molecule has 20 heavy (non-hydrogen) atoms. The molecule has 0 aliphatic heterocycles. The zero-order chi connectivity index (χ0) is 14.2. The SMILES string of the molecule is CN(Cc1ccccc1)C[C@H](N)CCc1ccccc1. The average molecular weight is 268 g/mol. The van der Waals surface area contributed by atoms with Crippen LogP contribution in [0.2, 0.25) is 0 Å². The summed E-state index contributed by atoms with van der Waals surface area (Å²) in [6.07, 6.45) is 2.09. The fourth-order valence-electron chi connectivity index (χ4n) is 2.45. The molecule has 0 unspecified atom stereocenters. The van der Waals surface area contributed by atoms with Gasteiger partial charge in [-0.05, 0) is 31.0 Å². The summed E-state index contributed by atoms with van der Waals surface area (Å²) in [5.74, 6) is 0. The third-order valence-electron chi connectivity index (χ3n) is 3.49. The predicted molar refractivity (Wildman–Crippen MR) is 85.5 cm³/mol. The lowest BCUT2D eigenvalue weighted by Crippen LogP contribution is -2.35. The quantitative estimate of drug-likeness (QED) is 0.836. The van der Waals surface area contributed by atoms with Crippen molar-refractivity contribution in [2.24, 2.45) is 5.73 Å². The van der Waals surface area contributed by atoms with Crippen LogP contribution in [0.25, 0.3) is 0 Å². The summed E-state index contributed by atoms with van der Waals surface area (Å²) < 4.78 is 0. The van der Waals surface area contributed by atoms with Crippen molar-refractivity contribution in [3.05, 3.63) is 71.8 Å². The zero-order valence-electron chi connectivity index (χ0n) is 12.2. The lowest BCUT2D eigenvalue weighted by molar-refractivity contribution is 0.297. The fourth-order valence-corrected chi connectivity index (χ4v) is 2.45. The highest BCUT2D eigenvalue weighted by atomic mass is 15.1. The Morgan fingerprint density at radius 2 is 1.45 bits per heavy atom. The summed E-state index contributed by atoms with van der Waals surface area (Å²) in [4.78, 5) is 2.30. The molecular formula is C18H24N2. The molecule has 2 nitrogen and oxygen atoms in total. The van der Waals surface area contributed by atoms with Crippen LogP contribution < -0.4 is 5.73 Å². The Kier molecular flexibility index (Phi) is 5.78. The maximum atomic E-state index is 6.23. The Bertz CT molecular complexity index is 481. The zero-order valence-corrected chi connectivity index (χ0v) is 12.2. The van der Waals surface area contributed by atoms with E-state index in [2.05, 4.69) is 72.6 Å². The van der Waals surface area contributed by atoms with Gasteiger partial charge in [0.15, 0.2) is 0 Å². The lowest BCUT2D eigenvalue weighted by atomic mass is 10.1. The molecule has 0 fully saturated rings. The Labute approximate surface area is 122 Å². The highest BCUT2D eigenvalue weighted by Gasteiger charge is 2.07. The third kappa shape index (κ3) is 5.16. The van der Waals surface area contributed by atoms with Gasteiger partial charge in [0.05, 0.1) is 0 Å². The smallest absolute Gasteiger partial charge is 0.0231 e. The minimum atomic E-state index is 0.226. The first kappa shape index (κ1) is 14.8. The first-order valence-corrected chi connectivity index (χ1v) is 7.26. The van der Waals surface area contributed by atoms with Gasteiger partial charge in [0.25, 0.3) is 0 Å². The summed E-state index contributed by atoms with van der Waals surface area (Å²) in [6, 6.07) is 21.3. The number of aryl methyl sites for hydroxylation is 1. The number of nitrogens with zero attached hydrogens (tertiary/aromatic N) is 1. The summed E-state index contributed by atoms with van der Waals surface area (Å²) in [5, 5.41) is 0. The molecule has 0 bridgehead atoms. The average Bonchev–Trinajstić information content (AvgIpc) is 2.47. The van der Waals surface area contributed by atoms with Crippen LogP contribution in [-0.4, -0.2) is 24.5 Å². The molecule has 0 heterocycles. The predicted octanol–water partition coefficient (Wildman–Crippen LogP) is 3.08. The van der Waals surface area contributed by atoms with Crippen LogP contribution in [0.1, 0.15) is 17.5 Å². The molecular weight excluding hydrogens is 244 g/mol. The lowest BCUT2D eigenvalue weighted by Gasteiger charge is -2.21. The maximum Gasteiger partial charge on any atom is 0.0231 e. The van der Waals surface area contributed by atoms with Crippen molar-refractivity contribution in [2.75, 3.05) is 13.6 Å². The number of nitrogens with two attached hydrogens (primary N) is 1. The normalized spacial score (nSPS) is 12.6. The molecule has 106 valence electrons. The van der Waals surface area contributed by atoms with Gasteiger partial charge in [0.2, 0.25) is 0 Å². The topological polar surface area (TPSA) is 29.3 Å². The maximum absolute atomic E-state index is 6.23. The summed E-state index contributed by atoms with van der Waals surface area (Å²) >= 11 is 0. The van der Waals surface area contributed by atoms with Gasteiger partial charge in [-0.1, -0.05) is 60.7 Å². The first-order valence-electron chi connectivity index (χ1n) is 7.26. The van der Waals surface area contributed by atoms with Crippen molar-refractivity contribution in [1.82, 2.24) is 4.90 Å². The van der Waals surface area contributed by atoms with Gasteiger partial charge < -0.3 is 10.6 Å². The van der Waals surface area contributed by atoms with E-state index in [1.165, 1.54) is 11.1 Å². The highest BCUT2D eigenvalue weighted by molar-refractivity contribution is 5.15. The van der Waals surface area contributed by atoms with Crippen molar-refractivity contribution in [1.29, 1.82) is 0 Å². The second-order valence-electron chi connectivity index (χ2n) is 5.47. The summed E-state index contributed by atoms with van der Waals surface area (Å²) in [7, 11) is 2.13. The van der Waals surface area contributed by atoms with Gasteiger partial charge in [-0.15, -0.1) is 0 Å². The second kappa shape index (κ2) is 7.83. The Morgan fingerprint density at radius 1 is 0.900 bits per heavy atom. The fraction of sp³-hybridized carbons (Fsp3) is 0.333. The Balaban J connectivity index is 1.72. The van der Waals surface area contributed by atoms with Crippen molar-refractivity contribution >= 4 is 0 Å². The van der Waals surface area contributed by atoms with E-state index in [9.17, 15) is 0 Å². The van der Waals surface area contributed by atoms with Crippen LogP contribution in [0.5, 0.6) is 0 Å². The Morgan fingerprint density at radius 3 is 2.05 bits per heavy atom. The van der Waals surface area contributed by atoms with Crippen LogP contribution in [0.4, 0.5) is 0 Å².